The van der Waals surface area contributed by atoms with Gasteiger partial charge >= 0.3 is 11.9 Å². The van der Waals surface area contributed by atoms with E-state index in [1.165, 1.54) is 0 Å². The van der Waals surface area contributed by atoms with E-state index in [4.69, 9.17) is 10.2 Å². The molecule has 0 radical (unpaired) electrons. The maximum absolute atomic E-state index is 10.7. The molecule has 1 rings (SSSR count). The van der Waals surface area contributed by atoms with Crippen LogP contribution in [0.5, 0.6) is 0 Å². The van der Waals surface area contributed by atoms with Crippen LogP contribution in [-0.4, -0.2) is 46.9 Å². The molecule has 1 aliphatic rings. The highest BCUT2D eigenvalue weighted by Gasteiger charge is 2.12. The van der Waals surface area contributed by atoms with Crippen molar-refractivity contribution in [2.45, 2.75) is 12.8 Å². The summed E-state index contributed by atoms with van der Waals surface area (Å²) in [5, 5.41) is 23.6. The van der Waals surface area contributed by atoms with Crippen LogP contribution in [-0.2, 0) is 9.59 Å². The zero-order valence-electron chi connectivity index (χ0n) is 8.43. The highest BCUT2D eigenvalue weighted by atomic mass is 16.4. The van der Waals surface area contributed by atoms with Gasteiger partial charge in [-0.05, 0) is 0 Å². The standard InChI is InChI=1S/C8H12N4O4/c13-6(14)2-1-5(7(15)16)11-12-8-9-3-4-10-8/h1-4H2,(H,13,14)(H,15,16)(H2,9,10,12). The Morgan fingerprint density at radius 1 is 1.44 bits per heavy atom. The van der Waals surface area contributed by atoms with E-state index in [0.717, 1.165) is 0 Å². The molecule has 16 heavy (non-hydrogen) atoms. The van der Waals surface area contributed by atoms with Crippen molar-refractivity contribution in [3.8, 4) is 0 Å². The van der Waals surface area contributed by atoms with Gasteiger partial charge in [-0.1, -0.05) is 0 Å². The Morgan fingerprint density at radius 2 is 2.19 bits per heavy atom. The van der Waals surface area contributed by atoms with Crippen molar-refractivity contribution in [3.63, 3.8) is 0 Å². The first-order chi connectivity index (χ1) is 7.59. The van der Waals surface area contributed by atoms with Crippen molar-refractivity contribution >= 4 is 23.6 Å². The molecule has 8 heteroatoms. The van der Waals surface area contributed by atoms with Crippen LogP contribution < -0.4 is 10.7 Å². The quantitative estimate of drug-likeness (QED) is 0.347. The molecular formula is C8H12N4O4. The summed E-state index contributed by atoms with van der Waals surface area (Å²) in [5.41, 5.74) is 2.20. The summed E-state index contributed by atoms with van der Waals surface area (Å²) in [7, 11) is 0. The number of hydrogen-bond donors (Lipinski definition) is 4. The summed E-state index contributed by atoms with van der Waals surface area (Å²) < 4.78 is 0. The first-order valence-electron chi connectivity index (χ1n) is 4.65. The van der Waals surface area contributed by atoms with Crippen LogP contribution in [0.25, 0.3) is 0 Å². The number of nitrogens with zero attached hydrogens (tertiary/aromatic N) is 2. The van der Waals surface area contributed by atoms with Gasteiger partial charge in [0.1, 0.15) is 5.71 Å². The Hall–Kier alpha value is -2.12. The van der Waals surface area contributed by atoms with Gasteiger partial charge in [0.25, 0.3) is 0 Å². The van der Waals surface area contributed by atoms with Gasteiger partial charge in [-0.3, -0.25) is 4.79 Å². The first kappa shape index (κ1) is 12.0. The van der Waals surface area contributed by atoms with E-state index in [1.54, 1.807) is 0 Å². The molecule has 0 fully saturated rings. The van der Waals surface area contributed by atoms with Gasteiger partial charge in [-0.15, -0.1) is 0 Å². The number of nitrogens with one attached hydrogen (secondary N) is 2. The predicted octanol–water partition coefficient (Wildman–Crippen LogP) is -1.16. The van der Waals surface area contributed by atoms with Gasteiger partial charge in [0.05, 0.1) is 13.0 Å². The third-order valence-electron chi connectivity index (χ3n) is 1.79. The molecule has 0 unspecified atom stereocenters. The van der Waals surface area contributed by atoms with Crippen LogP contribution in [0.15, 0.2) is 10.1 Å². The lowest BCUT2D eigenvalue weighted by atomic mass is 10.2. The normalized spacial score (nSPS) is 15.2. The fraction of sp³-hybridized carbons (Fsp3) is 0.500. The molecular weight excluding hydrogens is 216 g/mol. The third-order valence-corrected chi connectivity index (χ3v) is 1.79. The number of rotatable bonds is 5. The largest absolute Gasteiger partial charge is 0.481 e. The molecule has 88 valence electrons. The lowest BCUT2D eigenvalue weighted by Gasteiger charge is -2.02. The summed E-state index contributed by atoms with van der Waals surface area (Å²) in [4.78, 5) is 24.9. The van der Waals surface area contributed by atoms with Crippen molar-refractivity contribution < 1.29 is 19.8 Å². The van der Waals surface area contributed by atoms with Crippen LogP contribution in [0.4, 0.5) is 0 Å². The van der Waals surface area contributed by atoms with Gasteiger partial charge < -0.3 is 15.5 Å². The molecule has 0 aromatic rings. The van der Waals surface area contributed by atoms with Crippen LogP contribution in [0.2, 0.25) is 0 Å². The second-order valence-corrected chi connectivity index (χ2v) is 3.03. The van der Waals surface area contributed by atoms with E-state index in [0.29, 0.717) is 19.0 Å². The summed E-state index contributed by atoms with van der Waals surface area (Å²) in [6.45, 7) is 1.28. The fourth-order valence-corrected chi connectivity index (χ4v) is 1.03. The van der Waals surface area contributed by atoms with Crippen LogP contribution in [0.1, 0.15) is 12.8 Å². The minimum atomic E-state index is -1.24. The highest BCUT2D eigenvalue weighted by Crippen LogP contribution is 1.94. The van der Waals surface area contributed by atoms with E-state index < -0.39 is 11.9 Å². The van der Waals surface area contributed by atoms with Crippen molar-refractivity contribution in [2.24, 2.45) is 10.1 Å². The molecule has 0 amide bonds. The molecule has 0 aliphatic carbocycles. The zero-order chi connectivity index (χ0) is 12.0. The van der Waals surface area contributed by atoms with E-state index in [-0.39, 0.29) is 18.6 Å². The molecule has 1 aliphatic heterocycles. The number of guanidine groups is 1. The molecule has 0 aromatic heterocycles. The Morgan fingerprint density at radius 3 is 2.69 bits per heavy atom. The molecule has 1 heterocycles. The molecule has 0 atom stereocenters. The minimum absolute atomic E-state index is 0.134. The number of hydrogen-bond acceptors (Lipinski definition) is 6. The summed E-state index contributed by atoms with van der Waals surface area (Å²) >= 11 is 0. The maximum Gasteiger partial charge on any atom is 0.352 e. The van der Waals surface area contributed by atoms with Crippen LogP contribution in [0, 0.1) is 0 Å². The lowest BCUT2D eigenvalue weighted by molar-refractivity contribution is -0.136. The first-order valence-corrected chi connectivity index (χ1v) is 4.65. The van der Waals surface area contributed by atoms with E-state index >= 15 is 0 Å². The van der Waals surface area contributed by atoms with E-state index in [2.05, 4.69) is 20.8 Å². The fourth-order valence-electron chi connectivity index (χ4n) is 1.03. The highest BCUT2D eigenvalue weighted by molar-refractivity contribution is 6.35. The second-order valence-electron chi connectivity index (χ2n) is 3.03. The van der Waals surface area contributed by atoms with Crippen molar-refractivity contribution in [3.05, 3.63) is 0 Å². The zero-order valence-corrected chi connectivity index (χ0v) is 8.43. The van der Waals surface area contributed by atoms with Gasteiger partial charge in [-0.25, -0.2) is 15.2 Å². The molecule has 0 aromatic carbocycles. The Bertz CT molecular complexity index is 350. The monoisotopic (exact) mass is 228 g/mol. The van der Waals surface area contributed by atoms with Gasteiger partial charge in [0, 0.05) is 13.0 Å². The predicted molar refractivity (Wildman–Crippen MR) is 55.4 cm³/mol. The smallest absolute Gasteiger partial charge is 0.352 e. The van der Waals surface area contributed by atoms with Crippen molar-refractivity contribution in [1.29, 1.82) is 0 Å². The molecule has 0 spiro atoms. The Labute approximate surface area is 91.1 Å². The number of carboxylic acid groups (broad SMARTS) is 2. The van der Waals surface area contributed by atoms with Gasteiger partial charge in [0.15, 0.2) is 0 Å². The van der Waals surface area contributed by atoms with Gasteiger partial charge in [0.2, 0.25) is 5.96 Å². The maximum atomic E-state index is 10.7. The second kappa shape index (κ2) is 5.69. The number of carboxylic acids is 2. The number of aliphatic carboxylic acids is 2. The number of aliphatic imine (C=N–C) groups is 1. The summed E-state index contributed by atoms with van der Waals surface area (Å²) in [5.74, 6) is -1.91. The molecule has 8 nitrogen and oxygen atoms in total. The summed E-state index contributed by atoms with van der Waals surface area (Å²) in [6, 6.07) is 0. The lowest BCUT2D eigenvalue weighted by Crippen LogP contribution is -2.32. The third kappa shape index (κ3) is 3.95. The average Bonchev–Trinajstić information content (AvgIpc) is 2.69. The van der Waals surface area contributed by atoms with Crippen molar-refractivity contribution in [2.75, 3.05) is 13.1 Å². The Kier molecular flexibility index (Phi) is 4.25. The summed E-state index contributed by atoms with van der Waals surface area (Å²) in [6.07, 6.45) is -0.405. The van der Waals surface area contributed by atoms with Crippen LogP contribution >= 0.6 is 0 Å². The topological polar surface area (TPSA) is 123 Å². The number of hydrazone groups is 1. The minimum Gasteiger partial charge on any atom is -0.481 e. The van der Waals surface area contributed by atoms with Gasteiger partial charge in [-0.2, -0.15) is 5.10 Å². The van der Waals surface area contributed by atoms with E-state index in [1.807, 2.05) is 0 Å². The SMILES string of the molecule is O=C(O)CCC(=NNC1=NCCN1)C(=O)O. The van der Waals surface area contributed by atoms with Crippen LogP contribution in [0.3, 0.4) is 0 Å². The molecule has 0 saturated carbocycles. The molecule has 4 N–H and O–H groups in total. The number of carbonyl (C=O) groups is 2. The average molecular weight is 228 g/mol. The van der Waals surface area contributed by atoms with Crippen molar-refractivity contribution in [1.82, 2.24) is 10.7 Å². The Balaban J connectivity index is 2.51. The molecule has 0 bridgehead atoms. The molecule has 0 saturated heterocycles. The van der Waals surface area contributed by atoms with E-state index in [9.17, 15) is 9.59 Å².